The molecule has 256 valence electrons. The molecule has 0 aliphatic heterocycles. The van der Waals surface area contributed by atoms with E-state index in [2.05, 4.69) is 152 Å². The zero-order valence-corrected chi connectivity index (χ0v) is 30.4. The van der Waals surface area contributed by atoms with Crippen molar-refractivity contribution in [1.29, 1.82) is 0 Å². The zero-order chi connectivity index (χ0) is 36.2. The SMILES string of the molecule is C=C1c2cc3c(cc2-c2ccccc2C1c1ccc(-c2nc(-c4ccccc4)c4ccc5ccccc5c4n2)c2c1sc1ccccc12)oc1ccccc13. The number of nitrogens with zero attached hydrogens (tertiary/aromatic N) is 2. The van der Waals surface area contributed by atoms with Crippen LogP contribution >= 0.6 is 11.3 Å². The van der Waals surface area contributed by atoms with Gasteiger partial charge in [-0.25, -0.2) is 9.97 Å². The smallest absolute Gasteiger partial charge is 0.161 e. The monoisotopic (exact) mass is 718 g/mol. The van der Waals surface area contributed by atoms with Crippen molar-refractivity contribution in [2.45, 2.75) is 5.92 Å². The van der Waals surface area contributed by atoms with Gasteiger partial charge in [0.05, 0.1) is 11.2 Å². The summed E-state index contributed by atoms with van der Waals surface area (Å²) >= 11 is 1.85. The molecule has 3 heterocycles. The van der Waals surface area contributed by atoms with Gasteiger partial charge < -0.3 is 4.42 Å². The fraction of sp³-hybridized carbons (Fsp3) is 0.0196. The maximum Gasteiger partial charge on any atom is 0.161 e. The van der Waals surface area contributed by atoms with E-state index in [0.29, 0.717) is 0 Å². The average Bonchev–Trinajstić information content (AvgIpc) is 3.82. The van der Waals surface area contributed by atoms with Gasteiger partial charge in [0.1, 0.15) is 11.2 Å². The van der Waals surface area contributed by atoms with Gasteiger partial charge in [-0.05, 0) is 69.1 Å². The lowest BCUT2D eigenvalue weighted by Gasteiger charge is -2.31. The van der Waals surface area contributed by atoms with Crippen molar-refractivity contribution in [3.05, 3.63) is 187 Å². The van der Waals surface area contributed by atoms with Crippen LogP contribution in [0, 0.1) is 0 Å². The first-order valence-electron chi connectivity index (χ1n) is 18.6. The summed E-state index contributed by atoms with van der Waals surface area (Å²) in [5.74, 6) is 0.676. The van der Waals surface area contributed by atoms with Crippen LogP contribution in [-0.2, 0) is 0 Å². The summed E-state index contributed by atoms with van der Waals surface area (Å²) in [6.07, 6.45) is 0. The molecule has 55 heavy (non-hydrogen) atoms. The first kappa shape index (κ1) is 30.6. The predicted molar refractivity (Wildman–Crippen MR) is 231 cm³/mol. The Bertz CT molecular complexity index is 3410. The molecule has 8 aromatic carbocycles. The third-order valence-corrected chi connectivity index (χ3v) is 12.7. The number of hydrogen-bond donors (Lipinski definition) is 0. The van der Waals surface area contributed by atoms with E-state index in [1.54, 1.807) is 0 Å². The number of aromatic nitrogens is 2. The normalized spacial score (nSPS) is 14.0. The van der Waals surface area contributed by atoms with E-state index >= 15 is 0 Å². The number of furan rings is 1. The van der Waals surface area contributed by atoms with E-state index in [4.69, 9.17) is 21.0 Å². The Kier molecular flexibility index (Phi) is 6.42. The molecule has 4 heteroatoms. The summed E-state index contributed by atoms with van der Waals surface area (Å²) in [6.45, 7) is 4.88. The first-order valence-corrected chi connectivity index (χ1v) is 19.4. The Labute approximate surface area is 320 Å². The fourth-order valence-corrected chi connectivity index (χ4v) is 10.3. The average molecular weight is 719 g/mol. The van der Waals surface area contributed by atoms with Gasteiger partial charge >= 0.3 is 0 Å². The van der Waals surface area contributed by atoms with Crippen molar-refractivity contribution in [3.8, 4) is 33.8 Å². The third-order valence-electron chi connectivity index (χ3n) is 11.5. The zero-order valence-electron chi connectivity index (χ0n) is 29.6. The summed E-state index contributed by atoms with van der Waals surface area (Å²) in [6, 6.07) is 58.3. The van der Waals surface area contributed by atoms with Gasteiger partial charge in [-0.15, -0.1) is 11.3 Å². The van der Waals surface area contributed by atoms with E-state index in [1.165, 1.54) is 42.4 Å². The van der Waals surface area contributed by atoms with Crippen LogP contribution in [0.25, 0.3) is 103 Å². The summed E-state index contributed by atoms with van der Waals surface area (Å²) in [5.41, 5.74) is 12.9. The van der Waals surface area contributed by atoms with Gasteiger partial charge in [0, 0.05) is 58.8 Å². The molecule has 3 aromatic heterocycles. The highest BCUT2D eigenvalue weighted by molar-refractivity contribution is 7.26. The van der Waals surface area contributed by atoms with Crippen LogP contribution in [0.1, 0.15) is 22.6 Å². The largest absolute Gasteiger partial charge is 0.456 e. The highest BCUT2D eigenvalue weighted by atomic mass is 32.1. The van der Waals surface area contributed by atoms with E-state index in [-0.39, 0.29) is 5.92 Å². The molecule has 0 saturated heterocycles. The number of thiophene rings is 1. The fourth-order valence-electron chi connectivity index (χ4n) is 9.01. The van der Waals surface area contributed by atoms with Crippen molar-refractivity contribution in [2.24, 2.45) is 0 Å². The second-order valence-electron chi connectivity index (χ2n) is 14.5. The summed E-state index contributed by atoms with van der Waals surface area (Å²) in [7, 11) is 0. The Morgan fingerprint density at radius 1 is 0.509 bits per heavy atom. The first-order chi connectivity index (χ1) is 27.2. The van der Waals surface area contributed by atoms with Crippen LogP contribution in [0.5, 0.6) is 0 Å². The molecular weight excluding hydrogens is 689 g/mol. The minimum atomic E-state index is -0.0507. The molecule has 0 N–H and O–H groups in total. The molecule has 3 nitrogen and oxygen atoms in total. The van der Waals surface area contributed by atoms with Gasteiger partial charge in [-0.1, -0.05) is 140 Å². The van der Waals surface area contributed by atoms with Crippen molar-refractivity contribution in [2.75, 3.05) is 0 Å². The number of para-hydroxylation sites is 1. The molecule has 0 amide bonds. The number of benzene rings is 8. The quantitative estimate of drug-likeness (QED) is 0.171. The molecule has 1 aliphatic rings. The molecule has 1 aliphatic carbocycles. The molecular formula is C51H30N2OS. The molecule has 12 rings (SSSR count). The molecule has 0 fully saturated rings. The van der Waals surface area contributed by atoms with E-state index < -0.39 is 0 Å². The second kappa shape index (κ2) is 11.6. The van der Waals surface area contributed by atoms with Crippen LogP contribution in [0.15, 0.2) is 175 Å². The summed E-state index contributed by atoms with van der Waals surface area (Å²) in [4.78, 5) is 10.9. The van der Waals surface area contributed by atoms with Crippen LogP contribution in [0.3, 0.4) is 0 Å². The van der Waals surface area contributed by atoms with Crippen LogP contribution < -0.4 is 0 Å². The van der Waals surface area contributed by atoms with Gasteiger partial charge in [-0.2, -0.15) is 0 Å². The Morgan fingerprint density at radius 3 is 2.18 bits per heavy atom. The molecule has 0 saturated carbocycles. The third kappa shape index (κ3) is 4.43. The highest BCUT2D eigenvalue weighted by Gasteiger charge is 2.32. The minimum Gasteiger partial charge on any atom is -0.456 e. The number of allylic oxidation sites excluding steroid dienone is 1. The number of hydrogen-bond acceptors (Lipinski definition) is 4. The van der Waals surface area contributed by atoms with E-state index in [0.717, 1.165) is 77.4 Å². The van der Waals surface area contributed by atoms with Crippen molar-refractivity contribution in [3.63, 3.8) is 0 Å². The molecule has 1 unspecified atom stereocenters. The number of fused-ring (bicyclic) bond motifs is 12. The summed E-state index contributed by atoms with van der Waals surface area (Å²) < 4.78 is 8.85. The maximum atomic E-state index is 6.37. The Morgan fingerprint density at radius 2 is 1.27 bits per heavy atom. The van der Waals surface area contributed by atoms with Crippen LogP contribution in [0.2, 0.25) is 0 Å². The van der Waals surface area contributed by atoms with Gasteiger partial charge in [0.15, 0.2) is 5.82 Å². The van der Waals surface area contributed by atoms with Gasteiger partial charge in [0.25, 0.3) is 0 Å². The maximum absolute atomic E-state index is 6.37. The number of rotatable bonds is 3. The topological polar surface area (TPSA) is 38.9 Å². The molecule has 0 bridgehead atoms. The lowest BCUT2D eigenvalue weighted by Crippen LogP contribution is -2.11. The Balaban J connectivity index is 1.13. The van der Waals surface area contributed by atoms with E-state index in [9.17, 15) is 0 Å². The molecule has 1 atom stereocenters. The standard InChI is InChI=1S/C51H30N2OS/c1-29-40-27-42-34-18-9-11-21-43(34)54-44(42)28-41(40)33-17-7-8-19-35(33)46(29)37-25-26-38(47-36-20-10-12-22-45(36)55-50(37)47)51-52-48(31-14-3-2-4-15-31)39-24-23-30-13-5-6-16-32(30)49(39)53-51/h2-28,46H,1H2. The Hall–Kier alpha value is -6.88. The summed E-state index contributed by atoms with van der Waals surface area (Å²) in [5, 5.41) is 7.97. The van der Waals surface area contributed by atoms with Crippen molar-refractivity contribution < 1.29 is 4.42 Å². The van der Waals surface area contributed by atoms with Crippen LogP contribution in [0.4, 0.5) is 0 Å². The van der Waals surface area contributed by atoms with E-state index in [1.807, 2.05) is 23.5 Å². The van der Waals surface area contributed by atoms with Crippen molar-refractivity contribution >= 4 is 80.7 Å². The highest BCUT2D eigenvalue weighted by Crippen LogP contribution is 2.54. The molecule has 0 spiro atoms. The lowest BCUT2D eigenvalue weighted by atomic mass is 9.72. The van der Waals surface area contributed by atoms with Crippen LogP contribution in [-0.4, -0.2) is 9.97 Å². The predicted octanol–water partition coefficient (Wildman–Crippen LogP) is 14.2. The van der Waals surface area contributed by atoms with Crippen molar-refractivity contribution in [1.82, 2.24) is 9.97 Å². The second-order valence-corrected chi connectivity index (χ2v) is 15.5. The molecule has 11 aromatic rings. The minimum absolute atomic E-state index is 0.0507. The van der Waals surface area contributed by atoms with Gasteiger partial charge in [-0.3, -0.25) is 0 Å². The molecule has 0 radical (unpaired) electrons. The van der Waals surface area contributed by atoms with Gasteiger partial charge in [0.2, 0.25) is 0 Å². The lowest BCUT2D eigenvalue weighted by molar-refractivity contribution is 0.669.